The van der Waals surface area contributed by atoms with Gasteiger partial charge < -0.3 is 5.32 Å². The van der Waals surface area contributed by atoms with Gasteiger partial charge >= 0.3 is 0 Å². The number of hydrogen-bond donors (Lipinski definition) is 1. The molecular weight excluding hydrogens is 134 g/mol. The van der Waals surface area contributed by atoms with Crippen molar-refractivity contribution in [3.05, 3.63) is 12.7 Å². The van der Waals surface area contributed by atoms with Crippen LogP contribution in [0.2, 0.25) is 0 Å². The molecule has 0 saturated heterocycles. The Morgan fingerprint density at radius 1 is 1.78 bits per heavy atom. The van der Waals surface area contributed by atoms with Gasteiger partial charge in [-0.2, -0.15) is 0 Å². The molecule has 0 heterocycles. The summed E-state index contributed by atoms with van der Waals surface area (Å²) in [5.74, 6) is 0. The van der Waals surface area contributed by atoms with E-state index in [0.29, 0.717) is 0 Å². The van der Waals surface area contributed by atoms with Crippen LogP contribution in [0.25, 0.3) is 0 Å². The molecule has 1 atom stereocenters. The molecular formula is C7H14ClN. The van der Waals surface area contributed by atoms with Crippen molar-refractivity contribution in [3.63, 3.8) is 0 Å². The van der Waals surface area contributed by atoms with E-state index in [2.05, 4.69) is 18.8 Å². The fourth-order valence-corrected chi connectivity index (χ4v) is 0.595. The Morgan fingerprint density at radius 2 is 2.44 bits per heavy atom. The summed E-state index contributed by atoms with van der Waals surface area (Å²) >= 11 is 5.80. The van der Waals surface area contributed by atoms with E-state index in [1.165, 1.54) is 0 Å². The van der Waals surface area contributed by atoms with E-state index in [1.807, 2.05) is 6.08 Å². The molecule has 54 valence electrons. The highest BCUT2D eigenvalue weighted by Crippen LogP contribution is 1.97. The number of rotatable bonds is 5. The molecule has 9 heavy (non-hydrogen) atoms. The van der Waals surface area contributed by atoms with E-state index < -0.39 is 0 Å². The predicted molar refractivity (Wildman–Crippen MR) is 43.0 cm³/mol. The summed E-state index contributed by atoms with van der Waals surface area (Å²) in [6.45, 7) is 7.38. The molecule has 1 unspecified atom stereocenters. The van der Waals surface area contributed by atoms with Crippen molar-refractivity contribution >= 4 is 11.6 Å². The van der Waals surface area contributed by atoms with Crippen LogP contribution in [-0.2, 0) is 0 Å². The molecule has 0 aliphatic rings. The van der Waals surface area contributed by atoms with Crippen LogP contribution in [0.1, 0.15) is 13.3 Å². The van der Waals surface area contributed by atoms with Crippen molar-refractivity contribution in [1.82, 2.24) is 5.32 Å². The van der Waals surface area contributed by atoms with Crippen LogP contribution >= 0.6 is 11.6 Å². The van der Waals surface area contributed by atoms with E-state index >= 15 is 0 Å². The first-order valence-corrected chi connectivity index (χ1v) is 3.70. The van der Waals surface area contributed by atoms with Crippen LogP contribution in [0.5, 0.6) is 0 Å². The fourth-order valence-electron chi connectivity index (χ4n) is 0.486. The molecule has 0 fully saturated rings. The Balaban J connectivity index is 2.96. The molecule has 1 N–H and O–H groups in total. The second kappa shape index (κ2) is 6.12. The van der Waals surface area contributed by atoms with Gasteiger partial charge in [0.25, 0.3) is 0 Å². The molecule has 0 spiro atoms. The third kappa shape index (κ3) is 5.87. The van der Waals surface area contributed by atoms with Gasteiger partial charge in [-0.15, -0.1) is 18.2 Å². The topological polar surface area (TPSA) is 12.0 Å². The summed E-state index contributed by atoms with van der Waals surface area (Å²) in [4.78, 5) is 0. The number of hydrogen-bond acceptors (Lipinski definition) is 1. The molecule has 1 nitrogen and oxygen atoms in total. The number of nitrogens with one attached hydrogen (secondary N) is 1. The summed E-state index contributed by atoms with van der Waals surface area (Å²) in [6.07, 6.45) is 2.85. The molecule has 2 heteroatoms. The maximum Gasteiger partial charge on any atom is 0.0458 e. The Labute approximate surface area is 62.1 Å². The van der Waals surface area contributed by atoms with Gasteiger partial charge in [0.2, 0.25) is 0 Å². The Bertz CT molecular complexity index is 73.3. The molecule has 0 amide bonds. The summed E-state index contributed by atoms with van der Waals surface area (Å²) in [6, 6.07) is 0. The number of halogens is 1. The highest BCUT2D eigenvalue weighted by atomic mass is 35.5. The van der Waals surface area contributed by atoms with Gasteiger partial charge in [-0.1, -0.05) is 13.0 Å². The lowest BCUT2D eigenvalue weighted by Gasteiger charge is -2.04. The van der Waals surface area contributed by atoms with Crippen LogP contribution in [0.4, 0.5) is 0 Å². The largest absolute Gasteiger partial charge is 0.312 e. The van der Waals surface area contributed by atoms with E-state index in [9.17, 15) is 0 Å². The second-order valence-electron chi connectivity index (χ2n) is 1.95. The van der Waals surface area contributed by atoms with Gasteiger partial charge in [0, 0.05) is 18.5 Å². The average Bonchev–Trinajstić information content (AvgIpc) is 1.89. The Hall–Kier alpha value is -0.0100. The first kappa shape index (κ1) is 8.99. The summed E-state index contributed by atoms with van der Waals surface area (Å²) < 4.78 is 0. The van der Waals surface area contributed by atoms with Crippen molar-refractivity contribution in [2.75, 3.05) is 13.1 Å². The van der Waals surface area contributed by atoms with Crippen molar-refractivity contribution in [2.45, 2.75) is 18.7 Å². The van der Waals surface area contributed by atoms with Gasteiger partial charge in [-0.3, -0.25) is 0 Å². The SMILES string of the molecule is C=CCNCC(Cl)CC. The third-order valence-electron chi connectivity index (χ3n) is 1.10. The lowest BCUT2D eigenvalue weighted by atomic mass is 10.3. The van der Waals surface area contributed by atoms with Crippen molar-refractivity contribution in [2.24, 2.45) is 0 Å². The van der Waals surface area contributed by atoms with E-state index in [1.54, 1.807) is 0 Å². The quantitative estimate of drug-likeness (QED) is 0.355. The van der Waals surface area contributed by atoms with Crippen LogP contribution < -0.4 is 5.32 Å². The van der Waals surface area contributed by atoms with Crippen LogP contribution in [0, 0.1) is 0 Å². The summed E-state index contributed by atoms with van der Waals surface area (Å²) in [5.41, 5.74) is 0. The van der Waals surface area contributed by atoms with Crippen LogP contribution in [0.3, 0.4) is 0 Å². The zero-order chi connectivity index (χ0) is 7.11. The second-order valence-corrected chi connectivity index (χ2v) is 2.57. The highest BCUT2D eigenvalue weighted by molar-refractivity contribution is 6.20. The summed E-state index contributed by atoms with van der Waals surface area (Å²) in [5, 5.41) is 3.40. The minimum Gasteiger partial charge on any atom is -0.312 e. The molecule has 0 aromatic rings. The minimum absolute atomic E-state index is 0.268. The average molecular weight is 148 g/mol. The van der Waals surface area contributed by atoms with Gasteiger partial charge in [0.15, 0.2) is 0 Å². The molecule has 0 saturated carbocycles. The van der Waals surface area contributed by atoms with Gasteiger partial charge in [-0.05, 0) is 6.42 Å². The van der Waals surface area contributed by atoms with E-state index in [0.717, 1.165) is 19.5 Å². The standard InChI is InChI=1S/C7H14ClN/c1-3-5-9-6-7(8)4-2/h3,7,9H,1,4-6H2,2H3. The van der Waals surface area contributed by atoms with E-state index in [-0.39, 0.29) is 5.38 Å². The number of alkyl halides is 1. The maximum atomic E-state index is 5.80. The van der Waals surface area contributed by atoms with Gasteiger partial charge in [0.05, 0.1) is 0 Å². The Kier molecular flexibility index (Phi) is 6.11. The molecule has 0 aliphatic heterocycles. The fraction of sp³-hybridized carbons (Fsp3) is 0.714. The van der Waals surface area contributed by atoms with Crippen LogP contribution in [0.15, 0.2) is 12.7 Å². The van der Waals surface area contributed by atoms with Crippen molar-refractivity contribution < 1.29 is 0 Å². The Morgan fingerprint density at radius 3 is 2.89 bits per heavy atom. The molecule has 0 bridgehead atoms. The molecule has 0 aliphatic carbocycles. The monoisotopic (exact) mass is 147 g/mol. The smallest absolute Gasteiger partial charge is 0.0458 e. The normalized spacial score (nSPS) is 13.1. The van der Waals surface area contributed by atoms with Crippen molar-refractivity contribution in [3.8, 4) is 0 Å². The first-order valence-electron chi connectivity index (χ1n) is 3.27. The zero-order valence-corrected chi connectivity index (χ0v) is 6.62. The predicted octanol–water partition coefficient (Wildman–Crippen LogP) is 1.78. The minimum atomic E-state index is 0.268. The molecule has 0 radical (unpaired) electrons. The maximum absolute atomic E-state index is 5.80. The molecule has 0 aromatic heterocycles. The van der Waals surface area contributed by atoms with E-state index in [4.69, 9.17) is 11.6 Å². The molecule has 0 rings (SSSR count). The lowest BCUT2D eigenvalue weighted by Crippen LogP contribution is -2.22. The highest BCUT2D eigenvalue weighted by Gasteiger charge is 1.96. The first-order chi connectivity index (χ1) is 4.31. The summed E-state index contributed by atoms with van der Waals surface area (Å²) in [7, 11) is 0. The molecule has 0 aromatic carbocycles. The zero-order valence-electron chi connectivity index (χ0n) is 5.86. The van der Waals surface area contributed by atoms with Crippen LogP contribution in [-0.4, -0.2) is 18.5 Å². The van der Waals surface area contributed by atoms with Crippen molar-refractivity contribution in [1.29, 1.82) is 0 Å². The van der Waals surface area contributed by atoms with Gasteiger partial charge in [-0.25, -0.2) is 0 Å². The lowest BCUT2D eigenvalue weighted by molar-refractivity contribution is 0.689. The van der Waals surface area contributed by atoms with Gasteiger partial charge in [0.1, 0.15) is 0 Å². The third-order valence-corrected chi connectivity index (χ3v) is 1.56.